The molecule has 0 fully saturated rings. The molecule has 0 aliphatic heterocycles. The number of ether oxygens (including phenoxy) is 1. The number of aryl methyl sites for hydroxylation is 1. The SMILES string of the molecule is CCOCCNCCc1nc(C)no1. The van der Waals surface area contributed by atoms with Crippen LogP contribution in [0.1, 0.15) is 18.6 Å². The van der Waals surface area contributed by atoms with Gasteiger partial charge >= 0.3 is 0 Å². The van der Waals surface area contributed by atoms with E-state index in [-0.39, 0.29) is 0 Å². The van der Waals surface area contributed by atoms with Gasteiger partial charge in [0.2, 0.25) is 5.89 Å². The van der Waals surface area contributed by atoms with Crippen LogP contribution in [0.3, 0.4) is 0 Å². The van der Waals surface area contributed by atoms with Gasteiger partial charge in [0.1, 0.15) is 0 Å². The van der Waals surface area contributed by atoms with Crippen molar-refractivity contribution in [3.8, 4) is 0 Å². The highest BCUT2D eigenvalue weighted by atomic mass is 16.5. The first-order chi connectivity index (χ1) is 6.83. The number of nitrogens with zero attached hydrogens (tertiary/aromatic N) is 2. The van der Waals surface area contributed by atoms with Crippen molar-refractivity contribution in [2.75, 3.05) is 26.3 Å². The second-order valence-electron chi connectivity index (χ2n) is 2.93. The maximum atomic E-state index is 5.18. The first-order valence-corrected chi connectivity index (χ1v) is 4.90. The molecule has 0 bridgehead atoms. The highest BCUT2D eigenvalue weighted by molar-refractivity contribution is 4.83. The van der Waals surface area contributed by atoms with Crippen molar-refractivity contribution in [3.63, 3.8) is 0 Å². The predicted octanol–water partition coefficient (Wildman–Crippen LogP) is 0.547. The average molecular weight is 199 g/mol. The summed E-state index contributed by atoms with van der Waals surface area (Å²) >= 11 is 0. The molecule has 80 valence electrons. The third-order valence-electron chi connectivity index (χ3n) is 1.71. The summed E-state index contributed by atoms with van der Waals surface area (Å²) in [5.74, 6) is 1.38. The average Bonchev–Trinajstić information content (AvgIpc) is 2.58. The Morgan fingerprint density at radius 2 is 2.29 bits per heavy atom. The molecule has 0 radical (unpaired) electrons. The van der Waals surface area contributed by atoms with E-state index < -0.39 is 0 Å². The van der Waals surface area contributed by atoms with Gasteiger partial charge in [-0.25, -0.2) is 0 Å². The first-order valence-electron chi connectivity index (χ1n) is 4.90. The summed E-state index contributed by atoms with van der Waals surface area (Å²) in [6.07, 6.45) is 0.771. The van der Waals surface area contributed by atoms with Crippen LogP contribution in [0.15, 0.2) is 4.52 Å². The van der Waals surface area contributed by atoms with Gasteiger partial charge in [-0.05, 0) is 13.8 Å². The van der Waals surface area contributed by atoms with Crippen molar-refractivity contribution in [3.05, 3.63) is 11.7 Å². The predicted molar refractivity (Wildman–Crippen MR) is 52.1 cm³/mol. The van der Waals surface area contributed by atoms with Crippen molar-refractivity contribution in [1.29, 1.82) is 0 Å². The molecule has 1 rings (SSSR count). The summed E-state index contributed by atoms with van der Waals surface area (Å²) < 4.78 is 10.1. The van der Waals surface area contributed by atoms with Crippen LogP contribution in [0.2, 0.25) is 0 Å². The fraction of sp³-hybridized carbons (Fsp3) is 0.778. The minimum absolute atomic E-state index is 0.686. The topological polar surface area (TPSA) is 60.2 Å². The molecule has 0 unspecified atom stereocenters. The monoisotopic (exact) mass is 199 g/mol. The lowest BCUT2D eigenvalue weighted by atomic mass is 10.4. The molecule has 0 spiro atoms. The second kappa shape index (κ2) is 6.50. The zero-order chi connectivity index (χ0) is 10.2. The van der Waals surface area contributed by atoms with Crippen molar-refractivity contribution in [2.45, 2.75) is 20.3 Å². The molecule has 14 heavy (non-hydrogen) atoms. The number of nitrogens with one attached hydrogen (secondary N) is 1. The smallest absolute Gasteiger partial charge is 0.227 e. The summed E-state index contributed by atoms with van der Waals surface area (Å²) in [7, 11) is 0. The Morgan fingerprint density at radius 3 is 2.93 bits per heavy atom. The van der Waals surface area contributed by atoms with E-state index >= 15 is 0 Å². The van der Waals surface area contributed by atoms with Gasteiger partial charge < -0.3 is 14.6 Å². The maximum Gasteiger partial charge on any atom is 0.227 e. The molecule has 5 nitrogen and oxygen atoms in total. The van der Waals surface area contributed by atoms with E-state index in [9.17, 15) is 0 Å². The molecule has 0 atom stereocenters. The molecule has 0 aromatic carbocycles. The quantitative estimate of drug-likeness (QED) is 0.650. The number of hydrogen-bond donors (Lipinski definition) is 1. The Bertz CT molecular complexity index is 250. The van der Waals surface area contributed by atoms with E-state index in [1.807, 2.05) is 13.8 Å². The van der Waals surface area contributed by atoms with Crippen molar-refractivity contribution < 1.29 is 9.26 Å². The molecule has 0 aliphatic rings. The van der Waals surface area contributed by atoms with Crippen LogP contribution in [-0.4, -0.2) is 36.4 Å². The lowest BCUT2D eigenvalue weighted by molar-refractivity contribution is 0.149. The van der Waals surface area contributed by atoms with Gasteiger partial charge in [-0.1, -0.05) is 5.16 Å². The largest absolute Gasteiger partial charge is 0.380 e. The molecule has 1 N–H and O–H groups in total. The highest BCUT2D eigenvalue weighted by Crippen LogP contribution is 1.95. The molecule has 0 saturated carbocycles. The van der Waals surface area contributed by atoms with Gasteiger partial charge in [-0.2, -0.15) is 4.98 Å². The minimum atomic E-state index is 0.686. The Kier molecular flexibility index (Phi) is 5.17. The Balaban J connectivity index is 1.99. The standard InChI is InChI=1S/C9H17N3O2/c1-3-13-7-6-10-5-4-9-11-8(2)12-14-9/h10H,3-7H2,1-2H3. The highest BCUT2D eigenvalue weighted by Gasteiger charge is 2.00. The molecule has 1 aromatic heterocycles. The maximum absolute atomic E-state index is 5.18. The van der Waals surface area contributed by atoms with Crippen LogP contribution < -0.4 is 5.32 Å². The van der Waals surface area contributed by atoms with Gasteiger partial charge in [0.15, 0.2) is 5.82 Å². The zero-order valence-corrected chi connectivity index (χ0v) is 8.75. The molecule has 0 saturated heterocycles. The molecule has 0 amide bonds. The number of aromatic nitrogens is 2. The number of rotatable bonds is 7. The van der Waals surface area contributed by atoms with Gasteiger partial charge in [0.05, 0.1) is 6.61 Å². The molecule has 1 heterocycles. The van der Waals surface area contributed by atoms with Crippen LogP contribution in [0, 0.1) is 6.92 Å². The van der Waals surface area contributed by atoms with E-state index in [4.69, 9.17) is 9.26 Å². The van der Waals surface area contributed by atoms with E-state index in [1.165, 1.54) is 0 Å². The van der Waals surface area contributed by atoms with E-state index in [1.54, 1.807) is 0 Å². The molecule has 5 heteroatoms. The van der Waals surface area contributed by atoms with Crippen LogP contribution in [0.25, 0.3) is 0 Å². The van der Waals surface area contributed by atoms with Gasteiger partial charge in [-0.3, -0.25) is 0 Å². The third kappa shape index (κ3) is 4.34. The summed E-state index contributed by atoms with van der Waals surface area (Å²) in [5.41, 5.74) is 0. The fourth-order valence-electron chi connectivity index (χ4n) is 1.05. The second-order valence-corrected chi connectivity index (χ2v) is 2.93. The molecular weight excluding hydrogens is 182 g/mol. The normalized spacial score (nSPS) is 10.7. The van der Waals surface area contributed by atoms with Crippen LogP contribution in [0.4, 0.5) is 0 Å². The molecular formula is C9H17N3O2. The van der Waals surface area contributed by atoms with Crippen LogP contribution in [0.5, 0.6) is 0 Å². The Morgan fingerprint density at radius 1 is 1.43 bits per heavy atom. The van der Waals surface area contributed by atoms with Crippen molar-refractivity contribution in [1.82, 2.24) is 15.5 Å². The van der Waals surface area contributed by atoms with E-state index in [0.717, 1.165) is 32.7 Å². The minimum Gasteiger partial charge on any atom is -0.380 e. The number of hydrogen-bond acceptors (Lipinski definition) is 5. The van der Waals surface area contributed by atoms with Crippen LogP contribution >= 0.6 is 0 Å². The summed E-state index contributed by atoms with van der Waals surface area (Å²) in [5, 5.41) is 6.93. The third-order valence-corrected chi connectivity index (χ3v) is 1.71. The molecule has 1 aromatic rings. The summed E-state index contributed by atoms with van der Waals surface area (Å²) in [6.45, 7) is 7.02. The van der Waals surface area contributed by atoms with Gasteiger partial charge in [0.25, 0.3) is 0 Å². The zero-order valence-electron chi connectivity index (χ0n) is 8.75. The van der Waals surface area contributed by atoms with E-state index in [2.05, 4.69) is 15.5 Å². The Labute approximate surface area is 83.8 Å². The van der Waals surface area contributed by atoms with Crippen LogP contribution in [-0.2, 0) is 11.2 Å². The van der Waals surface area contributed by atoms with Crippen molar-refractivity contribution in [2.24, 2.45) is 0 Å². The lowest BCUT2D eigenvalue weighted by Gasteiger charge is -2.02. The Hall–Kier alpha value is -0.940. The fourth-order valence-corrected chi connectivity index (χ4v) is 1.05. The van der Waals surface area contributed by atoms with Crippen molar-refractivity contribution >= 4 is 0 Å². The van der Waals surface area contributed by atoms with Gasteiger partial charge in [-0.15, -0.1) is 0 Å². The van der Waals surface area contributed by atoms with Gasteiger partial charge in [0, 0.05) is 26.1 Å². The summed E-state index contributed by atoms with van der Waals surface area (Å²) in [6, 6.07) is 0. The summed E-state index contributed by atoms with van der Waals surface area (Å²) in [4.78, 5) is 4.10. The molecule has 0 aliphatic carbocycles. The lowest BCUT2D eigenvalue weighted by Crippen LogP contribution is -2.22. The first kappa shape index (κ1) is 11.1. The van der Waals surface area contributed by atoms with E-state index in [0.29, 0.717) is 11.7 Å².